The van der Waals surface area contributed by atoms with Gasteiger partial charge in [0.1, 0.15) is 6.61 Å². The van der Waals surface area contributed by atoms with Crippen molar-refractivity contribution in [1.29, 1.82) is 0 Å². The number of rotatable bonds is 16. The molecule has 0 aromatic heterocycles. The number of hydrogen-bond donors (Lipinski definition) is 1. The van der Waals surface area contributed by atoms with E-state index in [4.69, 9.17) is 4.74 Å². The quantitative estimate of drug-likeness (QED) is 0.230. The van der Waals surface area contributed by atoms with Gasteiger partial charge < -0.3 is 14.6 Å². The molecule has 0 spiro atoms. The number of unbranched alkanes of at least 4 members (excludes halogenated alkanes) is 4. The average Bonchev–Trinajstić information content (AvgIpc) is 3.07. The Morgan fingerprint density at radius 2 is 1.93 bits per heavy atom. The van der Waals surface area contributed by atoms with Gasteiger partial charge in [-0.3, -0.25) is 14.4 Å². The number of aliphatic hydroxyl groups is 1. The molecule has 0 saturated heterocycles. The van der Waals surface area contributed by atoms with E-state index >= 15 is 0 Å². The highest BCUT2D eigenvalue weighted by Crippen LogP contribution is 2.29. The van der Waals surface area contributed by atoms with Crippen molar-refractivity contribution in [3.8, 4) is 0 Å². The van der Waals surface area contributed by atoms with Gasteiger partial charge in [0.2, 0.25) is 0 Å². The Morgan fingerprint density at radius 1 is 1.20 bits per heavy atom. The van der Waals surface area contributed by atoms with Crippen LogP contribution < -0.4 is 0 Å². The molecule has 6 nitrogen and oxygen atoms in total. The maximum atomic E-state index is 12.2. The van der Waals surface area contributed by atoms with Crippen LogP contribution in [0, 0.1) is 11.8 Å². The van der Waals surface area contributed by atoms with Crippen LogP contribution in [0.2, 0.25) is 0 Å². The summed E-state index contributed by atoms with van der Waals surface area (Å²) >= 11 is 0. The van der Waals surface area contributed by atoms with Crippen LogP contribution in [0.25, 0.3) is 0 Å². The molecule has 1 aliphatic carbocycles. The van der Waals surface area contributed by atoms with Gasteiger partial charge in [0.25, 0.3) is 0 Å². The third-order valence-electron chi connectivity index (χ3n) is 5.53. The number of hydrogen-bond acceptors (Lipinski definition) is 6. The molecule has 1 aliphatic rings. The van der Waals surface area contributed by atoms with Gasteiger partial charge in [0, 0.05) is 32.3 Å². The van der Waals surface area contributed by atoms with Gasteiger partial charge in [0.05, 0.1) is 12.2 Å². The summed E-state index contributed by atoms with van der Waals surface area (Å²) in [5.41, 5.74) is 0. The third kappa shape index (κ3) is 10.3. The monoisotopic (exact) mass is 422 g/mol. The highest BCUT2D eigenvalue weighted by Gasteiger charge is 2.28. The van der Waals surface area contributed by atoms with E-state index in [1.54, 1.807) is 19.3 Å². The molecule has 0 saturated carbocycles. The number of allylic oxidation sites excluding steroid dienone is 3. The molecule has 2 unspecified atom stereocenters. The van der Waals surface area contributed by atoms with E-state index in [-0.39, 0.29) is 36.1 Å². The molecular weight excluding hydrogens is 384 g/mol. The number of esters is 1. The van der Waals surface area contributed by atoms with E-state index in [0.29, 0.717) is 6.42 Å². The summed E-state index contributed by atoms with van der Waals surface area (Å²) in [4.78, 5) is 34.5. The SMILES string of the molecule is CCCCC(OC)C(O)/C=C/[C@H]1C=CC(=O)[C@@H]1CCCCCCC(=O)COC(C)=O. The first-order valence-corrected chi connectivity index (χ1v) is 11.1. The number of methoxy groups -OCH3 is 1. The highest BCUT2D eigenvalue weighted by atomic mass is 16.5. The second-order valence-corrected chi connectivity index (χ2v) is 8.01. The smallest absolute Gasteiger partial charge is 0.303 e. The summed E-state index contributed by atoms with van der Waals surface area (Å²) in [7, 11) is 1.61. The Kier molecular flexibility index (Phi) is 13.2. The fourth-order valence-electron chi connectivity index (χ4n) is 3.68. The van der Waals surface area contributed by atoms with Crippen molar-refractivity contribution in [1.82, 2.24) is 0 Å². The van der Waals surface area contributed by atoms with Crippen molar-refractivity contribution in [2.45, 2.75) is 83.8 Å². The first-order chi connectivity index (χ1) is 14.4. The van der Waals surface area contributed by atoms with Gasteiger partial charge in [-0.2, -0.15) is 0 Å². The maximum Gasteiger partial charge on any atom is 0.303 e. The summed E-state index contributed by atoms with van der Waals surface area (Å²) in [6.45, 7) is 3.26. The van der Waals surface area contributed by atoms with Gasteiger partial charge in [-0.1, -0.05) is 57.3 Å². The van der Waals surface area contributed by atoms with E-state index in [1.807, 2.05) is 12.2 Å². The molecular formula is C24H38O6. The molecule has 0 bridgehead atoms. The molecule has 6 heteroatoms. The summed E-state index contributed by atoms with van der Waals surface area (Å²) in [6.07, 6.45) is 14.0. The number of Topliss-reactive ketones (excluding diaryl/α,β-unsaturated/α-hetero) is 1. The Hall–Kier alpha value is -1.79. The van der Waals surface area contributed by atoms with Crippen molar-refractivity contribution in [3.05, 3.63) is 24.3 Å². The van der Waals surface area contributed by atoms with Gasteiger partial charge >= 0.3 is 5.97 Å². The number of ether oxygens (including phenoxy) is 2. The highest BCUT2D eigenvalue weighted by molar-refractivity contribution is 5.94. The van der Waals surface area contributed by atoms with Crippen molar-refractivity contribution in [2.75, 3.05) is 13.7 Å². The summed E-state index contributed by atoms with van der Waals surface area (Å²) in [5, 5.41) is 10.4. The zero-order valence-electron chi connectivity index (χ0n) is 18.7. The first-order valence-electron chi connectivity index (χ1n) is 11.1. The lowest BCUT2D eigenvalue weighted by atomic mass is 9.88. The molecule has 0 radical (unpaired) electrons. The molecule has 0 aliphatic heterocycles. The van der Waals surface area contributed by atoms with E-state index < -0.39 is 12.1 Å². The molecule has 0 heterocycles. The number of carbonyl (C=O) groups is 3. The van der Waals surface area contributed by atoms with Crippen molar-refractivity contribution < 1.29 is 29.0 Å². The molecule has 0 amide bonds. The molecule has 4 atom stereocenters. The molecule has 0 aromatic rings. The van der Waals surface area contributed by atoms with Crippen LogP contribution in [-0.4, -0.2) is 48.6 Å². The minimum atomic E-state index is -0.671. The van der Waals surface area contributed by atoms with Crippen molar-refractivity contribution >= 4 is 17.5 Å². The normalized spacial score (nSPS) is 20.6. The Morgan fingerprint density at radius 3 is 2.60 bits per heavy atom. The van der Waals surface area contributed by atoms with Crippen LogP contribution in [0.4, 0.5) is 0 Å². The molecule has 0 aromatic carbocycles. The lowest BCUT2D eigenvalue weighted by Gasteiger charge is -2.20. The zero-order valence-corrected chi connectivity index (χ0v) is 18.7. The third-order valence-corrected chi connectivity index (χ3v) is 5.53. The van der Waals surface area contributed by atoms with Crippen molar-refractivity contribution in [3.63, 3.8) is 0 Å². The maximum absolute atomic E-state index is 12.2. The number of ketones is 2. The van der Waals surface area contributed by atoms with Crippen LogP contribution in [0.15, 0.2) is 24.3 Å². The van der Waals surface area contributed by atoms with Gasteiger partial charge in [-0.15, -0.1) is 0 Å². The van der Waals surface area contributed by atoms with E-state index in [1.165, 1.54) is 6.92 Å². The fraction of sp³-hybridized carbons (Fsp3) is 0.708. The minimum Gasteiger partial charge on any atom is -0.458 e. The van der Waals surface area contributed by atoms with E-state index in [0.717, 1.165) is 51.4 Å². The zero-order chi connectivity index (χ0) is 22.4. The van der Waals surface area contributed by atoms with Gasteiger partial charge in [-0.05, 0) is 25.3 Å². The summed E-state index contributed by atoms with van der Waals surface area (Å²) in [5.74, 6) is -0.410. The largest absolute Gasteiger partial charge is 0.458 e. The Balaban J connectivity index is 2.33. The van der Waals surface area contributed by atoms with Gasteiger partial charge in [0.15, 0.2) is 11.6 Å². The van der Waals surface area contributed by atoms with Crippen LogP contribution in [0.5, 0.6) is 0 Å². The molecule has 1 rings (SSSR count). The lowest BCUT2D eigenvalue weighted by molar-refractivity contribution is -0.145. The molecule has 30 heavy (non-hydrogen) atoms. The second kappa shape index (κ2) is 15.1. The van der Waals surface area contributed by atoms with Crippen LogP contribution >= 0.6 is 0 Å². The minimum absolute atomic E-state index is 0.0149. The van der Waals surface area contributed by atoms with Crippen molar-refractivity contribution in [2.24, 2.45) is 11.8 Å². The predicted molar refractivity (Wildman–Crippen MR) is 116 cm³/mol. The summed E-state index contributed by atoms with van der Waals surface area (Å²) in [6, 6.07) is 0. The number of carbonyl (C=O) groups excluding carboxylic acids is 3. The fourth-order valence-corrected chi connectivity index (χ4v) is 3.68. The summed E-state index contributed by atoms with van der Waals surface area (Å²) < 4.78 is 10.1. The number of aliphatic hydroxyl groups excluding tert-OH is 1. The van der Waals surface area contributed by atoms with E-state index in [2.05, 4.69) is 11.7 Å². The topological polar surface area (TPSA) is 89.9 Å². The Labute approximate surface area is 180 Å². The standard InChI is InChI=1S/C24H38O6/c1-4-5-12-24(29-3)23(28)16-14-19-13-15-22(27)21(19)11-9-7-6-8-10-20(26)17-30-18(2)25/h13-16,19,21,23-24,28H,4-12,17H2,1-3H3/b16-14+/t19-,21-,23?,24?/m1/s1. The van der Waals surface area contributed by atoms with E-state index in [9.17, 15) is 19.5 Å². The van der Waals surface area contributed by atoms with Crippen LogP contribution in [0.3, 0.4) is 0 Å². The molecule has 0 fully saturated rings. The van der Waals surface area contributed by atoms with Crippen LogP contribution in [0.1, 0.15) is 71.6 Å². The van der Waals surface area contributed by atoms with Crippen LogP contribution in [-0.2, 0) is 23.9 Å². The van der Waals surface area contributed by atoms with Gasteiger partial charge in [-0.25, -0.2) is 0 Å². The Bertz CT molecular complexity index is 595. The average molecular weight is 423 g/mol. The molecule has 170 valence electrons. The second-order valence-electron chi connectivity index (χ2n) is 8.01. The first kappa shape index (κ1) is 26.2. The predicted octanol–water partition coefficient (Wildman–Crippen LogP) is 3.95. The molecule has 1 N–H and O–H groups in total. The lowest BCUT2D eigenvalue weighted by Crippen LogP contribution is -2.26.